The van der Waals surface area contributed by atoms with Gasteiger partial charge in [0.2, 0.25) is 0 Å². The fourth-order valence-electron chi connectivity index (χ4n) is 3.14. The van der Waals surface area contributed by atoms with Gasteiger partial charge in [0.05, 0.1) is 13.1 Å². The van der Waals surface area contributed by atoms with Gasteiger partial charge in [0.15, 0.2) is 13.2 Å². The predicted molar refractivity (Wildman–Crippen MR) is 129 cm³/mol. The molecule has 3 rings (SSSR count). The second-order valence-electron chi connectivity index (χ2n) is 7.47. The first-order valence-electron chi connectivity index (χ1n) is 11.1. The molecule has 3 aromatic carbocycles. The van der Waals surface area contributed by atoms with Gasteiger partial charge in [0, 0.05) is 5.69 Å². The van der Waals surface area contributed by atoms with Crippen LogP contribution in [0.25, 0.3) is 0 Å². The van der Waals surface area contributed by atoms with Crippen molar-refractivity contribution in [3.05, 3.63) is 90.5 Å². The third-order valence-electron chi connectivity index (χ3n) is 4.82. The van der Waals surface area contributed by atoms with Gasteiger partial charge in [-0.05, 0) is 48.9 Å². The summed E-state index contributed by atoms with van der Waals surface area (Å²) in [5, 5.41) is 0. The smallest absolute Gasteiger partial charge is 0.344 e. The number of carbonyl (C=O) groups excluding carboxylic acids is 2. The molecule has 0 aliphatic carbocycles. The number of esters is 2. The highest BCUT2D eigenvalue weighted by Gasteiger charge is 2.11. The molecule has 0 radical (unpaired) electrons. The fourth-order valence-corrected chi connectivity index (χ4v) is 3.14. The van der Waals surface area contributed by atoms with E-state index < -0.39 is 11.9 Å². The van der Waals surface area contributed by atoms with Gasteiger partial charge >= 0.3 is 11.9 Å². The first-order chi connectivity index (χ1) is 16.6. The number of hydrogen-bond acceptors (Lipinski definition) is 7. The average molecular weight is 464 g/mol. The van der Waals surface area contributed by atoms with E-state index in [1.54, 1.807) is 24.3 Å². The molecule has 0 heterocycles. The topological polar surface area (TPSA) is 74.3 Å². The molecule has 178 valence electrons. The number of anilines is 1. The molecule has 0 saturated heterocycles. The van der Waals surface area contributed by atoms with Crippen molar-refractivity contribution in [3.63, 3.8) is 0 Å². The highest BCUT2D eigenvalue weighted by Crippen LogP contribution is 2.16. The van der Waals surface area contributed by atoms with Gasteiger partial charge in [0.25, 0.3) is 0 Å². The molecule has 0 saturated carbocycles. The number of benzene rings is 3. The summed E-state index contributed by atoms with van der Waals surface area (Å²) < 4.78 is 21.5. The van der Waals surface area contributed by atoms with Crippen molar-refractivity contribution in [3.8, 4) is 11.5 Å². The molecule has 34 heavy (non-hydrogen) atoms. The highest BCUT2D eigenvalue weighted by atomic mass is 16.6. The van der Waals surface area contributed by atoms with Gasteiger partial charge in [-0.1, -0.05) is 48.5 Å². The lowest BCUT2D eigenvalue weighted by Crippen LogP contribution is -2.33. The minimum Gasteiger partial charge on any atom is -0.482 e. The fraction of sp³-hybridized carbons (Fsp3) is 0.259. The lowest BCUT2D eigenvalue weighted by atomic mass is 10.2. The number of aryl methyl sites for hydroxylation is 1. The molecule has 0 atom stereocenters. The van der Waals surface area contributed by atoms with E-state index in [4.69, 9.17) is 18.9 Å². The van der Waals surface area contributed by atoms with E-state index in [2.05, 4.69) is 0 Å². The van der Waals surface area contributed by atoms with E-state index in [1.807, 2.05) is 72.5 Å². The summed E-state index contributed by atoms with van der Waals surface area (Å²) >= 11 is 0. The molecule has 7 heteroatoms. The van der Waals surface area contributed by atoms with Crippen LogP contribution in [0, 0.1) is 6.92 Å². The summed E-state index contributed by atoms with van der Waals surface area (Å²) in [6.45, 7) is 2.92. The normalized spacial score (nSPS) is 10.3. The number of para-hydroxylation sites is 2. The van der Waals surface area contributed by atoms with Gasteiger partial charge in [-0.15, -0.1) is 0 Å². The Morgan fingerprint density at radius 1 is 0.676 bits per heavy atom. The average Bonchev–Trinajstić information content (AvgIpc) is 2.86. The standard InChI is InChI=1S/C27H29NO6/c1-22-9-8-10-23(19-22)28(15-17-31-26(29)20-33-24-11-4-2-5-12-24)16-18-32-27(30)21-34-25-13-6-3-7-14-25/h2-14,19H,15-18,20-21H2,1H3. The van der Waals surface area contributed by atoms with Crippen LogP contribution >= 0.6 is 0 Å². The molecule has 0 spiro atoms. The number of carbonyl (C=O) groups is 2. The minimum absolute atomic E-state index is 0.159. The molecule has 0 aliphatic heterocycles. The molecule has 0 aliphatic rings. The summed E-state index contributed by atoms with van der Waals surface area (Å²) in [5.41, 5.74) is 2.05. The van der Waals surface area contributed by atoms with E-state index >= 15 is 0 Å². The first kappa shape index (κ1) is 24.6. The third-order valence-corrected chi connectivity index (χ3v) is 4.82. The number of ether oxygens (including phenoxy) is 4. The number of rotatable bonds is 13. The summed E-state index contributed by atoms with van der Waals surface area (Å²) in [5.74, 6) is 0.327. The van der Waals surface area contributed by atoms with Crippen LogP contribution in [0.3, 0.4) is 0 Å². The van der Waals surface area contributed by atoms with Crippen LogP contribution in [0.5, 0.6) is 11.5 Å². The molecular weight excluding hydrogens is 434 g/mol. The molecule has 0 N–H and O–H groups in total. The quantitative estimate of drug-likeness (QED) is 0.354. The Labute approximate surface area is 199 Å². The third kappa shape index (κ3) is 8.86. The molecular formula is C27H29NO6. The Morgan fingerprint density at radius 3 is 1.65 bits per heavy atom. The van der Waals surface area contributed by atoms with Crippen molar-refractivity contribution in [2.75, 3.05) is 44.4 Å². The van der Waals surface area contributed by atoms with Crippen molar-refractivity contribution in [1.82, 2.24) is 0 Å². The lowest BCUT2D eigenvalue weighted by Gasteiger charge is -2.25. The van der Waals surface area contributed by atoms with E-state index in [9.17, 15) is 9.59 Å². The highest BCUT2D eigenvalue weighted by molar-refractivity contribution is 5.71. The van der Waals surface area contributed by atoms with Crippen molar-refractivity contribution < 1.29 is 28.5 Å². The molecule has 0 amide bonds. The zero-order valence-electron chi connectivity index (χ0n) is 19.2. The zero-order valence-corrected chi connectivity index (χ0v) is 19.2. The largest absolute Gasteiger partial charge is 0.482 e. The molecule has 3 aromatic rings. The Hall–Kier alpha value is -4.00. The van der Waals surface area contributed by atoms with Gasteiger partial charge in [-0.3, -0.25) is 0 Å². The minimum atomic E-state index is -0.447. The van der Waals surface area contributed by atoms with E-state index in [-0.39, 0.29) is 26.4 Å². The van der Waals surface area contributed by atoms with Crippen molar-refractivity contribution in [2.24, 2.45) is 0 Å². The summed E-state index contributed by atoms with van der Waals surface area (Å²) in [6.07, 6.45) is 0. The molecule has 7 nitrogen and oxygen atoms in total. The van der Waals surface area contributed by atoms with Crippen molar-refractivity contribution in [1.29, 1.82) is 0 Å². The van der Waals surface area contributed by atoms with Crippen molar-refractivity contribution >= 4 is 17.6 Å². The van der Waals surface area contributed by atoms with Crippen LogP contribution in [0.1, 0.15) is 5.56 Å². The van der Waals surface area contributed by atoms with Crippen molar-refractivity contribution in [2.45, 2.75) is 6.92 Å². The second-order valence-corrected chi connectivity index (χ2v) is 7.47. The monoisotopic (exact) mass is 463 g/mol. The SMILES string of the molecule is Cc1cccc(N(CCOC(=O)COc2ccccc2)CCOC(=O)COc2ccccc2)c1. The van der Waals surface area contributed by atoms with E-state index in [0.29, 0.717) is 24.6 Å². The Balaban J connectivity index is 1.43. The Kier molecular flexibility index (Phi) is 9.80. The summed E-state index contributed by atoms with van der Waals surface area (Å²) in [4.78, 5) is 26.1. The van der Waals surface area contributed by atoms with Gasteiger partial charge in [-0.25, -0.2) is 9.59 Å². The number of nitrogens with zero attached hydrogens (tertiary/aromatic N) is 1. The molecule has 0 bridgehead atoms. The summed E-state index contributed by atoms with van der Waals surface area (Å²) in [7, 11) is 0. The van der Waals surface area contributed by atoms with Crippen LogP contribution in [0.4, 0.5) is 5.69 Å². The van der Waals surface area contributed by atoms with E-state index in [0.717, 1.165) is 11.3 Å². The van der Waals surface area contributed by atoms with E-state index in [1.165, 1.54) is 0 Å². The first-order valence-corrected chi connectivity index (χ1v) is 11.1. The van der Waals surface area contributed by atoms with Gasteiger partial charge in [0.1, 0.15) is 24.7 Å². The zero-order chi connectivity index (χ0) is 24.0. The maximum atomic E-state index is 12.0. The molecule has 0 aromatic heterocycles. The van der Waals surface area contributed by atoms with Gasteiger partial charge < -0.3 is 23.8 Å². The van der Waals surface area contributed by atoms with Crippen LogP contribution < -0.4 is 14.4 Å². The van der Waals surface area contributed by atoms with Gasteiger partial charge in [-0.2, -0.15) is 0 Å². The summed E-state index contributed by atoms with van der Waals surface area (Å²) in [6, 6.07) is 26.1. The Morgan fingerprint density at radius 2 is 1.18 bits per heavy atom. The van der Waals surface area contributed by atoms with Crippen LogP contribution in [0.2, 0.25) is 0 Å². The van der Waals surface area contributed by atoms with Crippen LogP contribution in [-0.4, -0.2) is 51.5 Å². The second kappa shape index (κ2) is 13.5. The maximum absolute atomic E-state index is 12.0. The number of hydrogen-bond donors (Lipinski definition) is 0. The molecule has 0 unspecified atom stereocenters. The predicted octanol–water partition coefficient (Wildman–Crippen LogP) is 4.05. The van der Waals surface area contributed by atoms with Crippen LogP contribution in [-0.2, 0) is 19.1 Å². The molecule has 0 fully saturated rings. The Bertz CT molecular complexity index is 964. The maximum Gasteiger partial charge on any atom is 0.344 e. The van der Waals surface area contributed by atoms with Crippen LogP contribution in [0.15, 0.2) is 84.9 Å². The lowest BCUT2D eigenvalue weighted by molar-refractivity contribution is -0.146.